The van der Waals surface area contributed by atoms with Gasteiger partial charge in [-0.05, 0) is 48.5 Å². The molecule has 0 saturated carbocycles. The second kappa shape index (κ2) is 5.25. The molecule has 1 heterocycles. The summed E-state index contributed by atoms with van der Waals surface area (Å²) in [6.07, 6.45) is 1.69. The number of nitrogens with two attached hydrogens (primary N) is 1. The van der Waals surface area contributed by atoms with E-state index < -0.39 is 0 Å². The van der Waals surface area contributed by atoms with E-state index in [1.54, 1.807) is 6.20 Å². The van der Waals surface area contributed by atoms with Crippen LogP contribution < -0.4 is 5.73 Å². The van der Waals surface area contributed by atoms with Crippen LogP contribution in [-0.4, -0.2) is 9.97 Å². The molecule has 0 aliphatic rings. The Morgan fingerprint density at radius 3 is 2.88 bits per heavy atom. The summed E-state index contributed by atoms with van der Waals surface area (Å²) in [5.41, 5.74) is 7.15. The highest BCUT2D eigenvalue weighted by molar-refractivity contribution is 7.99. The molecule has 0 bridgehead atoms. The molecule has 88 valence electrons. The molecule has 5 heteroatoms. The number of halogens is 1. The summed E-state index contributed by atoms with van der Waals surface area (Å²) in [5.74, 6) is -0.289. The third kappa shape index (κ3) is 3.25. The maximum Gasteiger partial charge on any atom is 0.192 e. The van der Waals surface area contributed by atoms with Crippen molar-refractivity contribution in [2.24, 2.45) is 5.73 Å². The molecule has 1 aromatic heterocycles. The molecule has 0 spiro atoms. The molecule has 0 radical (unpaired) electrons. The standard InChI is InChI=1S/C12H12FN3S/c1-8-2-3-15-12(16-8)17-11-5-9(7-14)4-10(13)6-11/h2-6H,7,14H2,1H3. The predicted octanol–water partition coefficient (Wildman–Crippen LogP) is 2.53. The minimum absolute atomic E-state index is 0.289. The van der Waals surface area contributed by atoms with Crippen LogP contribution in [0.3, 0.4) is 0 Å². The minimum atomic E-state index is -0.289. The van der Waals surface area contributed by atoms with Crippen molar-refractivity contribution in [3.8, 4) is 0 Å². The molecule has 0 aliphatic carbocycles. The van der Waals surface area contributed by atoms with Crippen molar-refractivity contribution in [2.45, 2.75) is 23.5 Å². The van der Waals surface area contributed by atoms with Gasteiger partial charge in [-0.25, -0.2) is 14.4 Å². The van der Waals surface area contributed by atoms with Crippen LogP contribution in [-0.2, 0) is 6.54 Å². The van der Waals surface area contributed by atoms with Crippen LogP contribution >= 0.6 is 11.8 Å². The highest BCUT2D eigenvalue weighted by Crippen LogP contribution is 2.26. The average Bonchev–Trinajstić information content (AvgIpc) is 2.28. The molecule has 0 atom stereocenters. The molecule has 3 nitrogen and oxygen atoms in total. The zero-order chi connectivity index (χ0) is 12.3. The van der Waals surface area contributed by atoms with Gasteiger partial charge in [0.15, 0.2) is 5.16 Å². The van der Waals surface area contributed by atoms with Gasteiger partial charge >= 0.3 is 0 Å². The van der Waals surface area contributed by atoms with Crippen molar-refractivity contribution in [2.75, 3.05) is 0 Å². The average molecular weight is 249 g/mol. The van der Waals surface area contributed by atoms with E-state index in [0.717, 1.165) is 16.2 Å². The number of benzene rings is 1. The second-order valence-corrected chi connectivity index (χ2v) is 4.62. The Morgan fingerprint density at radius 2 is 2.18 bits per heavy atom. The topological polar surface area (TPSA) is 51.8 Å². The number of nitrogens with zero attached hydrogens (tertiary/aromatic N) is 2. The first-order chi connectivity index (χ1) is 8.17. The molecule has 0 unspecified atom stereocenters. The highest BCUT2D eigenvalue weighted by atomic mass is 32.2. The van der Waals surface area contributed by atoms with Crippen LogP contribution in [0.15, 0.2) is 40.5 Å². The predicted molar refractivity (Wildman–Crippen MR) is 65.2 cm³/mol. The lowest BCUT2D eigenvalue weighted by Gasteiger charge is -2.03. The lowest BCUT2D eigenvalue weighted by molar-refractivity contribution is 0.621. The maximum absolute atomic E-state index is 13.3. The Morgan fingerprint density at radius 1 is 1.35 bits per heavy atom. The van der Waals surface area contributed by atoms with E-state index in [2.05, 4.69) is 9.97 Å². The van der Waals surface area contributed by atoms with E-state index in [1.807, 2.05) is 19.1 Å². The monoisotopic (exact) mass is 249 g/mol. The summed E-state index contributed by atoms with van der Waals surface area (Å²) < 4.78 is 13.3. The van der Waals surface area contributed by atoms with Crippen molar-refractivity contribution < 1.29 is 4.39 Å². The van der Waals surface area contributed by atoms with Crippen molar-refractivity contribution in [1.29, 1.82) is 0 Å². The Hall–Kier alpha value is -1.46. The van der Waals surface area contributed by atoms with Gasteiger partial charge in [0.2, 0.25) is 0 Å². The molecule has 17 heavy (non-hydrogen) atoms. The molecule has 2 aromatic rings. The Bertz CT molecular complexity index is 531. The summed E-state index contributed by atoms with van der Waals surface area (Å²) >= 11 is 1.33. The largest absolute Gasteiger partial charge is 0.326 e. The molecule has 0 saturated heterocycles. The van der Waals surface area contributed by atoms with Crippen LogP contribution in [0.1, 0.15) is 11.3 Å². The number of hydrogen-bond donors (Lipinski definition) is 1. The van der Waals surface area contributed by atoms with E-state index in [9.17, 15) is 4.39 Å². The van der Waals surface area contributed by atoms with Crippen molar-refractivity contribution in [1.82, 2.24) is 9.97 Å². The smallest absolute Gasteiger partial charge is 0.192 e. The first-order valence-electron chi connectivity index (χ1n) is 5.14. The van der Waals surface area contributed by atoms with Crippen molar-refractivity contribution in [3.05, 3.63) is 47.5 Å². The quantitative estimate of drug-likeness (QED) is 0.849. The fourth-order valence-corrected chi connectivity index (χ4v) is 2.27. The summed E-state index contributed by atoms with van der Waals surface area (Å²) in [6.45, 7) is 2.21. The molecular formula is C12H12FN3S. The third-order valence-corrected chi connectivity index (χ3v) is 3.00. The summed E-state index contributed by atoms with van der Waals surface area (Å²) in [7, 11) is 0. The second-order valence-electron chi connectivity index (χ2n) is 3.58. The molecule has 1 aromatic carbocycles. The van der Waals surface area contributed by atoms with E-state index >= 15 is 0 Å². The highest BCUT2D eigenvalue weighted by Gasteiger charge is 2.04. The maximum atomic E-state index is 13.3. The number of aromatic nitrogens is 2. The summed E-state index contributed by atoms with van der Waals surface area (Å²) in [5, 5.41) is 0.610. The zero-order valence-corrected chi connectivity index (χ0v) is 10.2. The number of aryl methyl sites for hydroxylation is 1. The summed E-state index contributed by atoms with van der Waals surface area (Å²) in [6, 6.07) is 6.55. The lowest BCUT2D eigenvalue weighted by Crippen LogP contribution is -1.97. The Kier molecular flexibility index (Phi) is 3.71. The SMILES string of the molecule is Cc1ccnc(Sc2cc(F)cc(CN)c2)n1. The van der Waals surface area contributed by atoms with Gasteiger partial charge in [0.25, 0.3) is 0 Å². The van der Waals surface area contributed by atoms with Crippen molar-refractivity contribution >= 4 is 11.8 Å². The van der Waals surface area contributed by atoms with E-state index in [1.165, 1.54) is 23.9 Å². The molecule has 2 rings (SSSR count). The first-order valence-corrected chi connectivity index (χ1v) is 5.96. The van der Waals surface area contributed by atoms with E-state index in [-0.39, 0.29) is 5.82 Å². The molecular weight excluding hydrogens is 237 g/mol. The van der Waals surface area contributed by atoms with Crippen molar-refractivity contribution in [3.63, 3.8) is 0 Å². The molecule has 0 aliphatic heterocycles. The normalized spacial score (nSPS) is 10.5. The van der Waals surface area contributed by atoms with Gasteiger partial charge in [-0.1, -0.05) is 0 Å². The Balaban J connectivity index is 2.26. The van der Waals surface area contributed by atoms with Crippen LogP contribution in [0, 0.1) is 12.7 Å². The van der Waals surface area contributed by atoms with Gasteiger partial charge in [0.1, 0.15) is 5.82 Å². The van der Waals surface area contributed by atoms with Crippen LogP contribution in [0.4, 0.5) is 4.39 Å². The van der Waals surface area contributed by atoms with Crippen LogP contribution in [0.5, 0.6) is 0 Å². The number of hydrogen-bond acceptors (Lipinski definition) is 4. The molecule has 0 fully saturated rings. The first kappa shape index (κ1) is 12.0. The fraction of sp³-hybridized carbons (Fsp3) is 0.167. The van der Waals surface area contributed by atoms with Crippen LogP contribution in [0.25, 0.3) is 0 Å². The van der Waals surface area contributed by atoms with Crippen LogP contribution in [0.2, 0.25) is 0 Å². The lowest BCUT2D eigenvalue weighted by atomic mass is 10.2. The Labute approximate surface area is 103 Å². The van der Waals surface area contributed by atoms with Gasteiger partial charge < -0.3 is 5.73 Å². The fourth-order valence-electron chi connectivity index (χ4n) is 1.38. The minimum Gasteiger partial charge on any atom is -0.326 e. The zero-order valence-electron chi connectivity index (χ0n) is 9.35. The van der Waals surface area contributed by atoms with Gasteiger partial charge in [-0.2, -0.15) is 0 Å². The van der Waals surface area contributed by atoms with Gasteiger partial charge in [0, 0.05) is 23.3 Å². The number of rotatable bonds is 3. The molecule has 2 N–H and O–H groups in total. The van der Waals surface area contributed by atoms with Gasteiger partial charge in [-0.15, -0.1) is 0 Å². The van der Waals surface area contributed by atoms with Gasteiger partial charge in [0.05, 0.1) is 0 Å². The molecule has 0 amide bonds. The van der Waals surface area contributed by atoms with E-state index in [0.29, 0.717) is 11.7 Å². The summed E-state index contributed by atoms with van der Waals surface area (Å²) in [4.78, 5) is 9.13. The third-order valence-electron chi connectivity index (χ3n) is 2.15. The van der Waals surface area contributed by atoms with Gasteiger partial charge in [-0.3, -0.25) is 0 Å². The van der Waals surface area contributed by atoms with E-state index in [4.69, 9.17) is 5.73 Å².